The van der Waals surface area contributed by atoms with Crippen molar-refractivity contribution in [2.45, 2.75) is 31.2 Å². The Labute approximate surface area is 231 Å². The number of hydrogen-bond acceptors (Lipinski definition) is 8. The standard InChI is InChI=1S/C27H24F3N7O4/c1-40-18-10-14(26(39)34-20-11-15(6-7-32-20)27(28,29)30)2-4-17(18)22-23-24(31)33-8-9-36(23)25(35-22)19-12-37-16(13-41-19)3-5-21(37)38/h2,4,6-11,16,19H,3,5,12-13H2,1H3,(H2,31,33)(H,32,34,39). The summed E-state index contributed by atoms with van der Waals surface area (Å²) >= 11 is 0. The Hall–Kier alpha value is -4.72. The fraction of sp³-hybridized carbons (Fsp3) is 0.296. The summed E-state index contributed by atoms with van der Waals surface area (Å²) in [5, 5.41) is 2.38. The zero-order valence-corrected chi connectivity index (χ0v) is 21.7. The second-order valence-electron chi connectivity index (χ2n) is 9.71. The molecule has 3 N–H and O–H groups in total. The van der Waals surface area contributed by atoms with Crippen LogP contribution in [0.1, 0.15) is 40.7 Å². The third-order valence-corrected chi connectivity index (χ3v) is 7.25. The van der Waals surface area contributed by atoms with Gasteiger partial charge in [-0.25, -0.2) is 15.0 Å². The van der Waals surface area contributed by atoms with E-state index in [-0.39, 0.29) is 34.9 Å². The molecule has 2 amide bonds. The molecule has 6 rings (SSSR count). The molecule has 11 nitrogen and oxygen atoms in total. The van der Waals surface area contributed by atoms with Gasteiger partial charge in [0.25, 0.3) is 5.91 Å². The quantitative estimate of drug-likeness (QED) is 0.373. The molecule has 2 aliphatic heterocycles. The first kappa shape index (κ1) is 26.5. The van der Waals surface area contributed by atoms with Crippen LogP contribution in [0.25, 0.3) is 16.8 Å². The van der Waals surface area contributed by atoms with Crippen LogP contribution in [-0.2, 0) is 15.7 Å². The number of morpholine rings is 1. The van der Waals surface area contributed by atoms with Crippen molar-refractivity contribution in [2.24, 2.45) is 0 Å². The van der Waals surface area contributed by atoms with Gasteiger partial charge in [0.2, 0.25) is 5.91 Å². The molecule has 0 spiro atoms. The molecule has 0 bridgehead atoms. The lowest BCUT2D eigenvalue weighted by Gasteiger charge is -2.34. The minimum atomic E-state index is -4.58. The average Bonchev–Trinajstić information content (AvgIpc) is 3.53. The normalized spacial score (nSPS) is 18.9. The van der Waals surface area contributed by atoms with Crippen LogP contribution in [0.2, 0.25) is 0 Å². The number of alkyl halides is 3. The Kier molecular flexibility index (Phi) is 6.49. The molecule has 0 radical (unpaired) electrons. The first-order valence-corrected chi connectivity index (χ1v) is 12.7. The number of hydrogen-bond donors (Lipinski definition) is 2. The lowest BCUT2D eigenvalue weighted by atomic mass is 10.1. The van der Waals surface area contributed by atoms with E-state index in [0.29, 0.717) is 42.2 Å². The molecule has 14 heteroatoms. The summed E-state index contributed by atoms with van der Waals surface area (Å²) in [5.41, 5.74) is 6.87. The zero-order valence-electron chi connectivity index (χ0n) is 21.7. The Morgan fingerprint density at radius 2 is 2.02 bits per heavy atom. The molecule has 0 aliphatic carbocycles. The monoisotopic (exact) mass is 567 g/mol. The molecule has 2 atom stereocenters. The summed E-state index contributed by atoms with van der Waals surface area (Å²) in [6.45, 7) is 0.749. The lowest BCUT2D eigenvalue weighted by molar-refractivity contribution is -0.138. The predicted octanol–water partition coefficient (Wildman–Crippen LogP) is 3.72. The SMILES string of the molecule is COc1cc(C(=O)Nc2cc(C(F)(F)F)ccn2)ccc1-c1nc(C2CN3C(=O)CCC3CO2)n2ccnc(N)c12. The Morgan fingerprint density at radius 1 is 1.20 bits per heavy atom. The number of methoxy groups -OCH3 is 1. The molecule has 2 fully saturated rings. The van der Waals surface area contributed by atoms with E-state index in [9.17, 15) is 22.8 Å². The molecule has 4 aromatic rings. The average molecular weight is 568 g/mol. The number of halogens is 3. The maximum atomic E-state index is 13.1. The van der Waals surface area contributed by atoms with E-state index in [1.807, 2.05) is 4.90 Å². The van der Waals surface area contributed by atoms with Crippen LogP contribution < -0.4 is 15.8 Å². The van der Waals surface area contributed by atoms with Crippen LogP contribution in [-0.4, -0.2) is 62.4 Å². The summed E-state index contributed by atoms with van der Waals surface area (Å²) in [6.07, 6.45) is 0.379. The summed E-state index contributed by atoms with van der Waals surface area (Å²) in [4.78, 5) is 40.0. The van der Waals surface area contributed by atoms with Gasteiger partial charge in [-0.2, -0.15) is 13.2 Å². The second-order valence-corrected chi connectivity index (χ2v) is 9.71. The van der Waals surface area contributed by atoms with Gasteiger partial charge in [0.05, 0.1) is 31.9 Å². The largest absolute Gasteiger partial charge is 0.496 e. The van der Waals surface area contributed by atoms with Gasteiger partial charge < -0.3 is 25.4 Å². The van der Waals surface area contributed by atoms with E-state index in [1.165, 1.54) is 25.4 Å². The molecule has 2 unspecified atom stereocenters. The van der Waals surface area contributed by atoms with E-state index in [2.05, 4.69) is 15.3 Å². The van der Waals surface area contributed by atoms with Crippen LogP contribution in [0.3, 0.4) is 0 Å². The van der Waals surface area contributed by atoms with Crippen molar-refractivity contribution < 1.29 is 32.2 Å². The smallest absolute Gasteiger partial charge is 0.416 e. The highest BCUT2D eigenvalue weighted by Gasteiger charge is 2.39. The van der Waals surface area contributed by atoms with E-state index in [0.717, 1.165) is 24.8 Å². The van der Waals surface area contributed by atoms with Crippen molar-refractivity contribution in [1.29, 1.82) is 0 Å². The molecule has 1 aromatic carbocycles. The van der Waals surface area contributed by atoms with Crippen LogP contribution in [0.15, 0.2) is 48.9 Å². The maximum absolute atomic E-state index is 13.1. The Bertz CT molecular complexity index is 1670. The first-order chi connectivity index (χ1) is 19.6. The number of nitrogens with zero attached hydrogens (tertiary/aromatic N) is 5. The van der Waals surface area contributed by atoms with Crippen LogP contribution >= 0.6 is 0 Å². The number of nitrogens with two attached hydrogens (primary N) is 1. The number of pyridine rings is 1. The number of carbonyl (C=O) groups excluding carboxylic acids is 2. The third-order valence-electron chi connectivity index (χ3n) is 7.25. The van der Waals surface area contributed by atoms with Crippen LogP contribution in [0, 0.1) is 0 Å². The van der Waals surface area contributed by atoms with Crippen molar-refractivity contribution in [3.8, 4) is 17.0 Å². The van der Waals surface area contributed by atoms with Crippen LogP contribution in [0.4, 0.5) is 24.8 Å². The van der Waals surface area contributed by atoms with Crippen molar-refractivity contribution in [2.75, 3.05) is 31.3 Å². The van der Waals surface area contributed by atoms with Gasteiger partial charge in [-0.05, 0) is 36.8 Å². The Balaban J connectivity index is 1.34. The highest BCUT2D eigenvalue weighted by atomic mass is 19.4. The molecule has 2 saturated heterocycles. The molecule has 5 heterocycles. The maximum Gasteiger partial charge on any atom is 0.416 e. The van der Waals surface area contributed by atoms with E-state index < -0.39 is 23.8 Å². The fourth-order valence-corrected chi connectivity index (χ4v) is 5.23. The van der Waals surface area contributed by atoms with E-state index in [1.54, 1.807) is 16.7 Å². The van der Waals surface area contributed by atoms with Crippen LogP contribution in [0.5, 0.6) is 5.75 Å². The molecular weight excluding hydrogens is 543 g/mol. The minimum absolute atomic E-state index is 0.0566. The van der Waals surface area contributed by atoms with Gasteiger partial charge in [0.15, 0.2) is 0 Å². The molecular formula is C27H24F3N7O4. The van der Waals surface area contributed by atoms with Crippen molar-refractivity contribution in [3.63, 3.8) is 0 Å². The predicted molar refractivity (Wildman–Crippen MR) is 140 cm³/mol. The molecule has 212 valence electrons. The second kappa shape index (κ2) is 10.0. The molecule has 41 heavy (non-hydrogen) atoms. The zero-order chi connectivity index (χ0) is 28.9. The van der Waals surface area contributed by atoms with Crippen molar-refractivity contribution in [1.82, 2.24) is 24.3 Å². The highest BCUT2D eigenvalue weighted by Crippen LogP contribution is 2.38. The van der Waals surface area contributed by atoms with Crippen molar-refractivity contribution >= 4 is 29.0 Å². The van der Waals surface area contributed by atoms with Gasteiger partial charge in [0.1, 0.15) is 40.5 Å². The number of amides is 2. The number of imidazole rings is 1. The lowest BCUT2D eigenvalue weighted by Crippen LogP contribution is -2.44. The number of fused-ring (bicyclic) bond motifs is 2. The number of ether oxygens (including phenoxy) is 2. The van der Waals surface area contributed by atoms with Gasteiger partial charge in [-0.3, -0.25) is 14.0 Å². The molecule has 2 aliphatic rings. The number of rotatable bonds is 5. The molecule has 0 saturated carbocycles. The number of aromatic nitrogens is 4. The minimum Gasteiger partial charge on any atom is -0.496 e. The summed E-state index contributed by atoms with van der Waals surface area (Å²) in [6, 6.07) is 6.16. The number of anilines is 2. The topological polar surface area (TPSA) is 137 Å². The number of nitrogen functional groups attached to an aromatic ring is 1. The summed E-state index contributed by atoms with van der Waals surface area (Å²) in [7, 11) is 1.42. The van der Waals surface area contributed by atoms with Gasteiger partial charge in [-0.1, -0.05) is 0 Å². The van der Waals surface area contributed by atoms with Gasteiger partial charge in [0, 0.05) is 36.1 Å². The summed E-state index contributed by atoms with van der Waals surface area (Å²) in [5.74, 6) is 0.153. The number of benzene rings is 1. The van der Waals surface area contributed by atoms with E-state index >= 15 is 0 Å². The highest BCUT2D eigenvalue weighted by molar-refractivity contribution is 6.04. The summed E-state index contributed by atoms with van der Waals surface area (Å²) < 4.78 is 52.7. The van der Waals surface area contributed by atoms with E-state index in [4.69, 9.17) is 20.2 Å². The molecule has 3 aromatic heterocycles. The fourth-order valence-electron chi connectivity index (χ4n) is 5.23. The third kappa shape index (κ3) is 4.79. The van der Waals surface area contributed by atoms with Crippen molar-refractivity contribution in [3.05, 3.63) is 65.9 Å². The first-order valence-electron chi connectivity index (χ1n) is 12.7. The number of nitrogens with one attached hydrogen (secondary N) is 1. The van der Waals surface area contributed by atoms with Gasteiger partial charge in [-0.15, -0.1) is 0 Å². The van der Waals surface area contributed by atoms with Gasteiger partial charge >= 0.3 is 6.18 Å². The number of carbonyl (C=O) groups is 2. The Morgan fingerprint density at radius 3 is 2.80 bits per heavy atom.